The Hall–Kier alpha value is -1.59. The van der Waals surface area contributed by atoms with Gasteiger partial charge in [-0.3, -0.25) is 0 Å². The van der Waals surface area contributed by atoms with Crippen molar-refractivity contribution in [3.63, 3.8) is 0 Å². The highest BCUT2D eigenvalue weighted by atomic mass is 32.1. The lowest BCUT2D eigenvalue weighted by Gasteiger charge is -2.18. The lowest BCUT2D eigenvalue weighted by Crippen LogP contribution is -2.19. The Morgan fingerprint density at radius 3 is 2.81 bits per heavy atom. The summed E-state index contributed by atoms with van der Waals surface area (Å²) >= 11 is 1.65. The number of anilines is 2. The van der Waals surface area contributed by atoms with Crippen molar-refractivity contribution in [2.24, 2.45) is 5.92 Å². The molecule has 1 aromatic carbocycles. The molecule has 0 amide bonds. The van der Waals surface area contributed by atoms with Gasteiger partial charge in [-0.1, -0.05) is 26.0 Å². The first-order valence-electron chi connectivity index (χ1n) is 7.13. The van der Waals surface area contributed by atoms with Crippen molar-refractivity contribution in [1.29, 1.82) is 0 Å². The molecule has 0 saturated heterocycles. The molecular formula is C16H23N3OS. The highest BCUT2D eigenvalue weighted by molar-refractivity contribution is 7.13. The minimum Gasteiger partial charge on any atom is -0.495 e. The summed E-state index contributed by atoms with van der Waals surface area (Å²) in [7, 11) is 3.71. The van der Waals surface area contributed by atoms with Crippen molar-refractivity contribution in [3.05, 3.63) is 35.3 Å². The van der Waals surface area contributed by atoms with Crippen LogP contribution in [0.25, 0.3) is 0 Å². The first-order chi connectivity index (χ1) is 10.1. The van der Waals surface area contributed by atoms with Crippen LogP contribution in [0.3, 0.4) is 0 Å². The van der Waals surface area contributed by atoms with Crippen LogP contribution in [-0.4, -0.2) is 25.7 Å². The minimum absolute atomic E-state index is 0.652. The van der Waals surface area contributed by atoms with Gasteiger partial charge in [0, 0.05) is 19.0 Å². The van der Waals surface area contributed by atoms with Crippen LogP contribution >= 0.6 is 11.3 Å². The number of hydrogen-bond acceptors (Lipinski definition) is 5. The smallest absolute Gasteiger partial charge is 0.189 e. The van der Waals surface area contributed by atoms with Crippen molar-refractivity contribution in [1.82, 2.24) is 10.3 Å². The second-order valence-electron chi connectivity index (χ2n) is 5.38. The van der Waals surface area contributed by atoms with Gasteiger partial charge in [-0.25, -0.2) is 4.98 Å². The van der Waals surface area contributed by atoms with Crippen LogP contribution in [0.15, 0.2) is 29.6 Å². The summed E-state index contributed by atoms with van der Waals surface area (Å²) in [4.78, 5) is 6.75. The van der Waals surface area contributed by atoms with Crippen molar-refractivity contribution in [2.75, 3.05) is 25.6 Å². The molecule has 2 rings (SSSR count). The predicted octanol–water partition coefficient (Wildman–Crippen LogP) is 3.67. The molecular weight excluding hydrogens is 282 g/mol. The number of rotatable bonds is 7. The quantitative estimate of drug-likeness (QED) is 0.847. The minimum atomic E-state index is 0.652. The third-order valence-corrected chi connectivity index (χ3v) is 4.10. The van der Waals surface area contributed by atoms with Crippen LogP contribution in [-0.2, 0) is 6.54 Å². The van der Waals surface area contributed by atoms with Gasteiger partial charge in [-0.2, -0.15) is 0 Å². The molecule has 0 fully saturated rings. The summed E-state index contributed by atoms with van der Waals surface area (Å²) in [6, 6.07) is 7.98. The number of benzene rings is 1. The summed E-state index contributed by atoms with van der Waals surface area (Å²) in [6.07, 6.45) is 0. The van der Waals surface area contributed by atoms with E-state index >= 15 is 0 Å². The molecule has 0 aliphatic carbocycles. The zero-order valence-electron chi connectivity index (χ0n) is 13.1. The Bertz CT molecular complexity index is 568. The molecule has 0 aliphatic rings. The number of methoxy groups -OCH3 is 1. The van der Waals surface area contributed by atoms with E-state index in [0.717, 1.165) is 35.4 Å². The number of nitrogens with one attached hydrogen (secondary N) is 1. The average molecular weight is 305 g/mol. The molecule has 0 spiro atoms. The molecule has 0 atom stereocenters. The largest absolute Gasteiger partial charge is 0.495 e. The first kappa shape index (κ1) is 15.8. The second-order valence-corrected chi connectivity index (χ2v) is 6.21. The van der Waals surface area contributed by atoms with Crippen LogP contribution in [0.2, 0.25) is 0 Å². The lowest BCUT2D eigenvalue weighted by atomic mass is 10.2. The number of para-hydroxylation sites is 2. The van der Waals surface area contributed by atoms with Gasteiger partial charge in [0.15, 0.2) is 5.13 Å². The summed E-state index contributed by atoms with van der Waals surface area (Å²) in [5.41, 5.74) is 2.11. The SMILES string of the molecule is COc1ccccc1N(C)c1nc(CNCC(C)C)cs1. The molecule has 1 aromatic heterocycles. The third-order valence-electron chi connectivity index (χ3n) is 3.13. The van der Waals surface area contributed by atoms with E-state index in [1.807, 2.05) is 31.3 Å². The summed E-state index contributed by atoms with van der Waals surface area (Å²) in [6.45, 7) is 6.23. The monoisotopic (exact) mass is 305 g/mol. The molecule has 0 bridgehead atoms. The van der Waals surface area contributed by atoms with Crippen molar-refractivity contribution >= 4 is 22.2 Å². The summed E-state index contributed by atoms with van der Waals surface area (Å²) in [5.74, 6) is 1.51. The van der Waals surface area contributed by atoms with E-state index in [-0.39, 0.29) is 0 Å². The van der Waals surface area contributed by atoms with Gasteiger partial charge in [-0.05, 0) is 24.6 Å². The fraction of sp³-hybridized carbons (Fsp3) is 0.438. The van der Waals surface area contributed by atoms with Gasteiger partial charge in [0.2, 0.25) is 0 Å². The Morgan fingerprint density at radius 1 is 1.33 bits per heavy atom. The average Bonchev–Trinajstić information content (AvgIpc) is 2.95. The Balaban J connectivity index is 2.06. The maximum Gasteiger partial charge on any atom is 0.189 e. The van der Waals surface area contributed by atoms with Crippen LogP contribution in [0, 0.1) is 5.92 Å². The highest BCUT2D eigenvalue weighted by Crippen LogP contribution is 2.33. The van der Waals surface area contributed by atoms with E-state index in [4.69, 9.17) is 4.74 Å². The van der Waals surface area contributed by atoms with Crippen LogP contribution in [0.5, 0.6) is 5.75 Å². The van der Waals surface area contributed by atoms with Crippen molar-refractivity contribution < 1.29 is 4.74 Å². The lowest BCUT2D eigenvalue weighted by molar-refractivity contribution is 0.415. The number of nitrogens with zero attached hydrogens (tertiary/aromatic N) is 2. The van der Waals surface area contributed by atoms with E-state index in [1.165, 1.54) is 0 Å². The van der Waals surface area contributed by atoms with Crippen LogP contribution < -0.4 is 15.0 Å². The molecule has 5 heteroatoms. The molecule has 114 valence electrons. The Morgan fingerprint density at radius 2 is 2.10 bits per heavy atom. The molecule has 2 aromatic rings. The molecule has 0 unspecified atom stereocenters. The van der Waals surface area contributed by atoms with E-state index in [0.29, 0.717) is 5.92 Å². The molecule has 21 heavy (non-hydrogen) atoms. The third kappa shape index (κ3) is 4.19. The summed E-state index contributed by atoms with van der Waals surface area (Å²) < 4.78 is 5.41. The zero-order chi connectivity index (χ0) is 15.2. The molecule has 1 heterocycles. The highest BCUT2D eigenvalue weighted by Gasteiger charge is 2.12. The van der Waals surface area contributed by atoms with Gasteiger partial charge in [-0.15, -0.1) is 11.3 Å². The molecule has 4 nitrogen and oxygen atoms in total. The predicted molar refractivity (Wildman–Crippen MR) is 89.7 cm³/mol. The topological polar surface area (TPSA) is 37.4 Å². The number of hydrogen-bond donors (Lipinski definition) is 1. The van der Waals surface area contributed by atoms with Crippen LogP contribution in [0.1, 0.15) is 19.5 Å². The molecule has 1 N–H and O–H groups in total. The standard InChI is InChI=1S/C16H23N3OS/c1-12(2)9-17-10-13-11-21-16(18-13)19(3)14-7-5-6-8-15(14)20-4/h5-8,11-12,17H,9-10H2,1-4H3. The number of ether oxygens (including phenoxy) is 1. The van der Waals surface area contributed by atoms with Crippen LogP contribution in [0.4, 0.5) is 10.8 Å². The fourth-order valence-electron chi connectivity index (χ4n) is 2.03. The van der Waals surface area contributed by atoms with Gasteiger partial charge in [0.05, 0.1) is 18.5 Å². The fourth-order valence-corrected chi connectivity index (χ4v) is 2.83. The van der Waals surface area contributed by atoms with Gasteiger partial charge in [0.1, 0.15) is 5.75 Å². The van der Waals surface area contributed by atoms with E-state index in [2.05, 4.69) is 34.4 Å². The normalized spacial score (nSPS) is 10.9. The van der Waals surface area contributed by atoms with Crippen molar-refractivity contribution in [3.8, 4) is 5.75 Å². The Kier molecular flexibility index (Phi) is 5.59. The maximum absolute atomic E-state index is 5.41. The second kappa shape index (κ2) is 7.43. The van der Waals surface area contributed by atoms with Gasteiger partial charge < -0.3 is 15.0 Å². The summed E-state index contributed by atoms with van der Waals surface area (Å²) in [5, 5.41) is 6.50. The first-order valence-corrected chi connectivity index (χ1v) is 8.01. The maximum atomic E-state index is 5.41. The number of thiazole rings is 1. The van der Waals surface area contributed by atoms with E-state index in [1.54, 1.807) is 18.4 Å². The zero-order valence-corrected chi connectivity index (χ0v) is 13.9. The van der Waals surface area contributed by atoms with Gasteiger partial charge in [0.25, 0.3) is 0 Å². The van der Waals surface area contributed by atoms with Crippen molar-refractivity contribution in [2.45, 2.75) is 20.4 Å². The van der Waals surface area contributed by atoms with Gasteiger partial charge >= 0.3 is 0 Å². The molecule has 0 aliphatic heterocycles. The Labute approximate surface area is 130 Å². The van der Waals surface area contributed by atoms with E-state index in [9.17, 15) is 0 Å². The molecule has 0 saturated carbocycles. The number of aromatic nitrogens is 1. The molecule has 0 radical (unpaired) electrons. The van der Waals surface area contributed by atoms with E-state index < -0.39 is 0 Å².